The lowest BCUT2D eigenvalue weighted by atomic mass is 10.1. The number of hydrogen-bond donors (Lipinski definition) is 0. The topological polar surface area (TPSA) is 9.23 Å². The summed E-state index contributed by atoms with van der Waals surface area (Å²) in [7, 11) is -0.978. The Morgan fingerprint density at radius 2 is 2.00 bits per heavy atom. The Morgan fingerprint density at radius 1 is 1.27 bits per heavy atom. The fourth-order valence-corrected chi connectivity index (χ4v) is 2.55. The third-order valence-electron chi connectivity index (χ3n) is 2.58. The van der Waals surface area contributed by atoms with Gasteiger partial charge in [-0.1, -0.05) is 43.9 Å². The molecule has 2 heteroatoms. The van der Waals surface area contributed by atoms with E-state index >= 15 is 0 Å². The number of benzene rings is 1. The molecule has 1 aromatic carbocycles. The minimum Gasteiger partial charge on any atom is -0.488 e. The first-order valence-electron chi connectivity index (χ1n) is 5.47. The van der Waals surface area contributed by atoms with Crippen LogP contribution in [0.4, 0.5) is 0 Å². The first-order valence-corrected chi connectivity index (χ1v) is 9.18. The van der Waals surface area contributed by atoms with Crippen LogP contribution in [0.1, 0.15) is 5.56 Å². The molecule has 1 heterocycles. The van der Waals surface area contributed by atoms with Gasteiger partial charge in [-0.2, -0.15) is 0 Å². The van der Waals surface area contributed by atoms with E-state index < -0.39 is 8.07 Å². The Kier molecular flexibility index (Phi) is 2.70. The van der Waals surface area contributed by atoms with Crippen LogP contribution in [0.2, 0.25) is 25.7 Å². The first kappa shape index (κ1) is 10.5. The molecule has 0 N–H and O–H groups in total. The molecule has 1 aliphatic heterocycles. The molecule has 0 bridgehead atoms. The minimum atomic E-state index is -0.978. The summed E-state index contributed by atoms with van der Waals surface area (Å²) >= 11 is 0. The van der Waals surface area contributed by atoms with Crippen LogP contribution in [0, 0.1) is 0 Å². The molecule has 1 aromatic rings. The molecule has 15 heavy (non-hydrogen) atoms. The Bertz CT molecular complexity index is 388. The summed E-state index contributed by atoms with van der Waals surface area (Å²) in [6.45, 7) is 7.94. The highest BCUT2D eigenvalue weighted by atomic mass is 28.3. The molecule has 0 aliphatic carbocycles. The maximum Gasteiger partial charge on any atom is 0.127 e. The second-order valence-corrected chi connectivity index (χ2v) is 10.8. The van der Waals surface area contributed by atoms with Crippen molar-refractivity contribution >= 4 is 13.6 Å². The number of ether oxygens (including phenoxy) is 1. The van der Waals surface area contributed by atoms with Crippen LogP contribution in [-0.2, 0) is 0 Å². The lowest BCUT2D eigenvalue weighted by molar-refractivity contribution is 0.388. The van der Waals surface area contributed by atoms with Gasteiger partial charge in [-0.25, -0.2) is 0 Å². The van der Waals surface area contributed by atoms with E-state index in [4.69, 9.17) is 4.74 Å². The van der Waals surface area contributed by atoms with Crippen LogP contribution >= 0.6 is 0 Å². The van der Waals surface area contributed by atoms with Gasteiger partial charge in [0.15, 0.2) is 0 Å². The van der Waals surface area contributed by atoms with Crippen molar-refractivity contribution in [2.45, 2.75) is 25.7 Å². The Morgan fingerprint density at radius 3 is 2.73 bits per heavy atom. The van der Waals surface area contributed by atoms with Gasteiger partial charge in [-0.05, 0) is 17.7 Å². The molecule has 2 rings (SSSR count). The SMILES string of the molecule is C[Si](C)(C)C/C=C1\COc2ccccc21. The molecular weight excluding hydrogens is 200 g/mol. The van der Waals surface area contributed by atoms with Gasteiger partial charge < -0.3 is 4.74 Å². The van der Waals surface area contributed by atoms with Gasteiger partial charge in [0.25, 0.3) is 0 Å². The molecule has 1 aliphatic rings. The molecule has 0 amide bonds. The van der Waals surface area contributed by atoms with Gasteiger partial charge in [-0.3, -0.25) is 0 Å². The average molecular weight is 218 g/mol. The normalized spacial score (nSPS) is 17.7. The molecule has 0 radical (unpaired) electrons. The van der Waals surface area contributed by atoms with Crippen molar-refractivity contribution in [3.05, 3.63) is 35.9 Å². The highest BCUT2D eigenvalue weighted by molar-refractivity contribution is 6.76. The summed E-state index contributed by atoms with van der Waals surface area (Å²) in [6.07, 6.45) is 2.37. The zero-order chi connectivity index (χ0) is 10.9. The summed E-state index contributed by atoms with van der Waals surface area (Å²) in [5.74, 6) is 1.04. The van der Waals surface area contributed by atoms with E-state index in [-0.39, 0.29) is 0 Å². The summed E-state index contributed by atoms with van der Waals surface area (Å²) in [5.41, 5.74) is 2.66. The molecule has 0 aromatic heterocycles. The molecular formula is C13H18OSi. The number of allylic oxidation sites excluding steroid dienone is 1. The molecule has 80 valence electrons. The molecule has 1 nitrogen and oxygen atoms in total. The van der Waals surface area contributed by atoms with Crippen molar-refractivity contribution in [1.29, 1.82) is 0 Å². The summed E-state index contributed by atoms with van der Waals surface area (Å²) in [4.78, 5) is 0. The van der Waals surface area contributed by atoms with Gasteiger partial charge >= 0.3 is 0 Å². The van der Waals surface area contributed by atoms with Gasteiger partial charge in [0, 0.05) is 13.6 Å². The van der Waals surface area contributed by atoms with E-state index in [1.807, 2.05) is 12.1 Å². The number of rotatable bonds is 2. The Labute approximate surface area is 92.8 Å². The van der Waals surface area contributed by atoms with Gasteiger partial charge in [-0.15, -0.1) is 0 Å². The second kappa shape index (κ2) is 3.85. The van der Waals surface area contributed by atoms with Crippen LogP contribution in [-0.4, -0.2) is 14.7 Å². The van der Waals surface area contributed by atoms with Crippen molar-refractivity contribution in [3.63, 3.8) is 0 Å². The third kappa shape index (κ3) is 2.51. The maximum absolute atomic E-state index is 5.62. The van der Waals surface area contributed by atoms with E-state index in [0.717, 1.165) is 12.4 Å². The van der Waals surface area contributed by atoms with E-state index in [0.29, 0.717) is 0 Å². The number of para-hydroxylation sites is 1. The third-order valence-corrected chi connectivity index (χ3v) is 4.01. The zero-order valence-electron chi connectivity index (χ0n) is 9.71. The monoisotopic (exact) mass is 218 g/mol. The standard InChI is InChI=1S/C13H18OSi/c1-15(2,3)9-8-11-10-14-13-7-5-4-6-12(11)13/h4-8H,9-10H2,1-3H3/b11-8+. The molecule has 0 unspecified atom stereocenters. The highest BCUT2D eigenvalue weighted by Crippen LogP contribution is 2.33. The molecule has 0 atom stereocenters. The van der Waals surface area contributed by atoms with Crippen molar-refractivity contribution in [3.8, 4) is 5.75 Å². The van der Waals surface area contributed by atoms with E-state index in [2.05, 4.69) is 37.8 Å². The predicted molar refractivity (Wildman–Crippen MR) is 68.1 cm³/mol. The fraction of sp³-hybridized carbons (Fsp3) is 0.385. The van der Waals surface area contributed by atoms with Crippen molar-refractivity contribution in [1.82, 2.24) is 0 Å². The van der Waals surface area contributed by atoms with Gasteiger partial charge in [0.2, 0.25) is 0 Å². The van der Waals surface area contributed by atoms with Crippen LogP contribution in [0.15, 0.2) is 30.3 Å². The largest absolute Gasteiger partial charge is 0.488 e. The van der Waals surface area contributed by atoms with Crippen LogP contribution in [0.3, 0.4) is 0 Å². The Hall–Kier alpha value is -1.02. The molecule has 0 fully saturated rings. The average Bonchev–Trinajstić information content (AvgIpc) is 2.57. The van der Waals surface area contributed by atoms with Gasteiger partial charge in [0.1, 0.15) is 12.4 Å². The van der Waals surface area contributed by atoms with Crippen LogP contribution < -0.4 is 4.74 Å². The Balaban J connectivity index is 2.21. The summed E-state index contributed by atoms with van der Waals surface area (Å²) in [5, 5.41) is 0. The summed E-state index contributed by atoms with van der Waals surface area (Å²) in [6, 6.07) is 9.54. The van der Waals surface area contributed by atoms with Crippen LogP contribution in [0.25, 0.3) is 5.57 Å². The minimum absolute atomic E-state index is 0.754. The van der Waals surface area contributed by atoms with Gasteiger partial charge in [0.05, 0.1) is 0 Å². The van der Waals surface area contributed by atoms with Crippen molar-refractivity contribution < 1.29 is 4.74 Å². The van der Waals surface area contributed by atoms with Crippen molar-refractivity contribution in [2.24, 2.45) is 0 Å². The number of fused-ring (bicyclic) bond motifs is 1. The fourth-order valence-electron chi connectivity index (χ4n) is 1.69. The first-order chi connectivity index (χ1) is 7.06. The maximum atomic E-state index is 5.62. The summed E-state index contributed by atoms with van der Waals surface area (Å²) < 4.78 is 5.62. The second-order valence-electron chi connectivity index (χ2n) is 5.28. The highest BCUT2D eigenvalue weighted by Gasteiger charge is 2.18. The van der Waals surface area contributed by atoms with E-state index in [1.54, 1.807) is 0 Å². The van der Waals surface area contributed by atoms with Crippen molar-refractivity contribution in [2.75, 3.05) is 6.61 Å². The lowest BCUT2D eigenvalue weighted by Gasteiger charge is -2.12. The van der Waals surface area contributed by atoms with Crippen LogP contribution in [0.5, 0.6) is 5.75 Å². The van der Waals surface area contributed by atoms with E-state index in [1.165, 1.54) is 17.2 Å². The zero-order valence-corrected chi connectivity index (χ0v) is 10.7. The smallest absolute Gasteiger partial charge is 0.127 e. The number of hydrogen-bond acceptors (Lipinski definition) is 1. The quantitative estimate of drug-likeness (QED) is 0.686. The molecule has 0 spiro atoms. The molecule has 0 saturated heterocycles. The molecule has 0 saturated carbocycles. The predicted octanol–water partition coefficient (Wildman–Crippen LogP) is 3.80. The van der Waals surface area contributed by atoms with E-state index in [9.17, 15) is 0 Å². The lowest BCUT2D eigenvalue weighted by Crippen LogP contribution is -2.17.